The van der Waals surface area contributed by atoms with Crippen molar-refractivity contribution in [1.29, 1.82) is 0 Å². The normalized spacial score (nSPS) is 15.2. The molecule has 7 nitrogen and oxygen atoms in total. The molecule has 2 atom stereocenters. The van der Waals surface area contributed by atoms with E-state index in [9.17, 15) is 18.0 Å². The Morgan fingerprint density at radius 3 is 2.25 bits per heavy atom. The first-order valence-electron chi connectivity index (χ1n) is 4.66. The minimum absolute atomic E-state index is 0.0101. The van der Waals surface area contributed by atoms with Crippen molar-refractivity contribution in [3.63, 3.8) is 0 Å². The Balaban J connectivity index is 4.15. The van der Waals surface area contributed by atoms with Crippen LogP contribution in [0.3, 0.4) is 0 Å². The van der Waals surface area contributed by atoms with Crippen LogP contribution in [0, 0.1) is 0 Å². The van der Waals surface area contributed by atoms with Gasteiger partial charge >= 0.3 is 0 Å². The van der Waals surface area contributed by atoms with E-state index in [2.05, 4.69) is 5.32 Å². The summed E-state index contributed by atoms with van der Waals surface area (Å²) in [6.07, 6.45) is 1.07. The number of nitrogens with two attached hydrogens (primary N) is 2. The van der Waals surface area contributed by atoms with Gasteiger partial charge in [-0.3, -0.25) is 9.59 Å². The molecule has 0 aromatic heterocycles. The molecule has 0 aliphatic rings. The van der Waals surface area contributed by atoms with Gasteiger partial charge in [0.1, 0.15) is 15.9 Å². The van der Waals surface area contributed by atoms with E-state index in [0.717, 1.165) is 6.26 Å². The van der Waals surface area contributed by atoms with Gasteiger partial charge < -0.3 is 16.8 Å². The predicted octanol–water partition coefficient (Wildman–Crippen LogP) is -2.26. The number of nitrogens with one attached hydrogen (secondary N) is 1. The maximum Gasteiger partial charge on any atom is 0.239 e. The number of hydrogen-bond donors (Lipinski definition) is 3. The molecule has 0 spiro atoms. The molecular weight excluding hydrogens is 234 g/mol. The molecule has 0 fully saturated rings. The van der Waals surface area contributed by atoms with Gasteiger partial charge in [0.2, 0.25) is 11.8 Å². The number of amides is 2. The Kier molecular flexibility index (Phi) is 5.39. The lowest BCUT2D eigenvalue weighted by Crippen LogP contribution is -2.49. The van der Waals surface area contributed by atoms with E-state index in [1.54, 1.807) is 0 Å². The molecule has 0 aromatic carbocycles. The number of carbonyl (C=O) groups excluding carboxylic acids is 2. The van der Waals surface area contributed by atoms with E-state index in [1.807, 2.05) is 0 Å². The van der Waals surface area contributed by atoms with Crippen LogP contribution in [0.5, 0.6) is 0 Å². The fraction of sp³-hybridized carbons (Fsp3) is 0.750. The van der Waals surface area contributed by atoms with Crippen LogP contribution in [0.4, 0.5) is 0 Å². The standard InChI is InChI=1S/C8H17N3O4S/c1-5(7(10)12)11-8(13)6(9)3-4-16(2,14)15/h5-6H,3-4,9H2,1-2H3,(H2,10,12)(H,11,13). The van der Waals surface area contributed by atoms with Gasteiger partial charge in [-0.2, -0.15) is 0 Å². The zero-order chi connectivity index (χ0) is 12.9. The molecule has 0 aliphatic heterocycles. The first-order valence-corrected chi connectivity index (χ1v) is 6.72. The van der Waals surface area contributed by atoms with Crippen molar-refractivity contribution in [2.75, 3.05) is 12.0 Å². The van der Waals surface area contributed by atoms with E-state index in [-0.39, 0.29) is 12.2 Å². The second-order valence-corrected chi connectivity index (χ2v) is 5.92. The third kappa shape index (κ3) is 6.36. The van der Waals surface area contributed by atoms with Crippen molar-refractivity contribution in [2.45, 2.75) is 25.4 Å². The van der Waals surface area contributed by atoms with E-state index in [0.29, 0.717) is 0 Å². The fourth-order valence-electron chi connectivity index (χ4n) is 0.864. The summed E-state index contributed by atoms with van der Waals surface area (Å²) in [4.78, 5) is 22.0. The highest BCUT2D eigenvalue weighted by molar-refractivity contribution is 7.90. The molecule has 5 N–H and O–H groups in total. The molecule has 16 heavy (non-hydrogen) atoms. The first kappa shape index (κ1) is 14.8. The van der Waals surface area contributed by atoms with Crippen molar-refractivity contribution >= 4 is 21.7 Å². The van der Waals surface area contributed by atoms with Gasteiger partial charge in [-0.25, -0.2) is 8.42 Å². The fourth-order valence-corrected chi connectivity index (χ4v) is 1.55. The quantitative estimate of drug-likeness (QED) is 0.490. The number of hydrogen-bond acceptors (Lipinski definition) is 5. The maximum atomic E-state index is 11.3. The summed E-state index contributed by atoms with van der Waals surface area (Å²) >= 11 is 0. The Labute approximate surface area is 94.5 Å². The minimum Gasteiger partial charge on any atom is -0.368 e. The Morgan fingerprint density at radius 1 is 1.38 bits per heavy atom. The van der Waals surface area contributed by atoms with Crippen LogP contribution < -0.4 is 16.8 Å². The lowest BCUT2D eigenvalue weighted by molar-refractivity contribution is -0.127. The predicted molar refractivity (Wildman–Crippen MR) is 59.1 cm³/mol. The summed E-state index contributed by atoms with van der Waals surface area (Å²) in [6, 6.07) is -1.78. The average Bonchev–Trinajstić information content (AvgIpc) is 2.12. The molecule has 8 heteroatoms. The molecule has 0 saturated carbocycles. The summed E-state index contributed by atoms with van der Waals surface area (Å²) in [5, 5.41) is 2.28. The van der Waals surface area contributed by atoms with Crippen molar-refractivity contribution < 1.29 is 18.0 Å². The summed E-state index contributed by atoms with van der Waals surface area (Å²) in [6.45, 7) is 1.42. The summed E-state index contributed by atoms with van der Waals surface area (Å²) < 4.78 is 21.7. The van der Waals surface area contributed by atoms with Crippen LogP contribution >= 0.6 is 0 Å². The lowest BCUT2D eigenvalue weighted by Gasteiger charge is -2.14. The number of carbonyl (C=O) groups is 2. The molecule has 0 saturated heterocycles. The van der Waals surface area contributed by atoms with Crippen molar-refractivity contribution in [3.8, 4) is 0 Å². The maximum absolute atomic E-state index is 11.3. The molecule has 2 unspecified atom stereocenters. The molecule has 0 bridgehead atoms. The zero-order valence-electron chi connectivity index (χ0n) is 9.26. The number of sulfone groups is 1. The van der Waals surface area contributed by atoms with Gasteiger partial charge in [0, 0.05) is 6.26 Å². The van der Waals surface area contributed by atoms with Crippen LogP contribution in [-0.2, 0) is 19.4 Å². The third-order valence-electron chi connectivity index (χ3n) is 1.92. The van der Waals surface area contributed by atoms with Crippen molar-refractivity contribution in [2.24, 2.45) is 11.5 Å². The molecule has 0 radical (unpaired) electrons. The van der Waals surface area contributed by atoms with Crippen LogP contribution in [0.1, 0.15) is 13.3 Å². The lowest BCUT2D eigenvalue weighted by atomic mass is 10.2. The van der Waals surface area contributed by atoms with Gasteiger partial charge in [-0.05, 0) is 13.3 Å². The highest BCUT2D eigenvalue weighted by Gasteiger charge is 2.19. The van der Waals surface area contributed by atoms with Gasteiger partial charge in [0.15, 0.2) is 0 Å². The van der Waals surface area contributed by atoms with E-state index >= 15 is 0 Å². The Morgan fingerprint density at radius 2 is 1.88 bits per heavy atom. The van der Waals surface area contributed by atoms with Crippen LogP contribution in [0.25, 0.3) is 0 Å². The molecule has 0 heterocycles. The summed E-state index contributed by atoms with van der Waals surface area (Å²) in [7, 11) is -3.15. The van der Waals surface area contributed by atoms with Crippen LogP contribution in [0.15, 0.2) is 0 Å². The molecule has 0 aliphatic carbocycles. The SMILES string of the molecule is CC(NC(=O)C(N)CCS(C)(=O)=O)C(N)=O. The van der Waals surface area contributed by atoms with Gasteiger partial charge in [0.05, 0.1) is 11.8 Å². The van der Waals surface area contributed by atoms with Gasteiger partial charge in [-0.15, -0.1) is 0 Å². The number of rotatable bonds is 6. The molecule has 94 valence electrons. The highest BCUT2D eigenvalue weighted by atomic mass is 32.2. The number of primary amides is 1. The molecular formula is C8H17N3O4S. The van der Waals surface area contributed by atoms with E-state index in [1.165, 1.54) is 6.92 Å². The smallest absolute Gasteiger partial charge is 0.239 e. The van der Waals surface area contributed by atoms with Gasteiger partial charge in [-0.1, -0.05) is 0 Å². The molecule has 0 aromatic rings. The van der Waals surface area contributed by atoms with E-state index < -0.39 is 33.7 Å². The first-order chi connectivity index (χ1) is 7.13. The second-order valence-electron chi connectivity index (χ2n) is 3.66. The molecule has 0 rings (SSSR count). The third-order valence-corrected chi connectivity index (χ3v) is 2.90. The van der Waals surface area contributed by atoms with Crippen molar-refractivity contribution in [1.82, 2.24) is 5.32 Å². The Hall–Kier alpha value is -1.15. The van der Waals surface area contributed by atoms with Gasteiger partial charge in [0.25, 0.3) is 0 Å². The largest absolute Gasteiger partial charge is 0.368 e. The zero-order valence-corrected chi connectivity index (χ0v) is 10.1. The average molecular weight is 251 g/mol. The Bertz CT molecular complexity index is 365. The minimum atomic E-state index is -3.15. The summed E-state index contributed by atoms with van der Waals surface area (Å²) in [5.74, 6) is -1.44. The topological polar surface area (TPSA) is 132 Å². The summed E-state index contributed by atoms with van der Waals surface area (Å²) in [5.41, 5.74) is 10.4. The monoisotopic (exact) mass is 251 g/mol. The van der Waals surface area contributed by atoms with E-state index in [4.69, 9.17) is 11.5 Å². The van der Waals surface area contributed by atoms with Crippen LogP contribution in [0.2, 0.25) is 0 Å². The van der Waals surface area contributed by atoms with Crippen LogP contribution in [-0.4, -0.2) is 44.3 Å². The molecule has 2 amide bonds. The van der Waals surface area contributed by atoms with Crippen molar-refractivity contribution in [3.05, 3.63) is 0 Å². The highest BCUT2D eigenvalue weighted by Crippen LogP contribution is 1.94. The second kappa shape index (κ2) is 5.80.